The zero-order chi connectivity index (χ0) is 10.7. The molecule has 0 aliphatic carbocycles. The molecule has 1 atom stereocenters. The van der Waals surface area contributed by atoms with Crippen LogP contribution < -0.4 is 4.74 Å². The van der Waals surface area contributed by atoms with Crippen LogP contribution in [0.15, 0.2) is 12.1 Å². The van der Waals surface area contributed by atoms with Gasteiger partial charge in [0.2, 0.25) is 0 Å². The minimum Gasteiger partial charge on any atom is -0.497 e. The monoisotopic (exact) mass is 214 g/mol. The second kappa shape index (κ2) is 4.67. The quantitative estimate of drug-likeness (QED) is 0.839. The first-order valence-electron chi connectivity index (χ1n) is 4.55. The molecular weight excluding hydrogens is 200 g/mol. The first kappa shape index (κ1) is 11.3. The van der Waals surface area contributed by atoms with Gasteiger partial charge in [-0.1, -0.05) is 18.5 Å². The minimum atomic E-state index is 0.0382. The summed E-state index contributed by atoms with van der Waals surface area (Å²) in [6.45, 7) is 3.95. The highest BCUT2D eigenvalue weighted by Crippen LogP contribution is 2.31. The highest BCUT2D eigenvalue weighted by molar-refractivity contribution is 6.32. The molecule has 1 rings (SSSR count). The van der Waals surface area contributed by atoms with Crippen molar-refractivity contribution in [2.24, 2.45) is 0 Å². The van der Waals surface area contributed by atoms with Gasteiger partial charge in [-0.05, 0) is 30.2 Å². The molecule has 0 amide bonds. The maximum absolute atomic E-state index is 9.07. The maximum atomic E-state index is 9.07. The number of benzene rings is 1. The van der Waals surface area contributed by atoms with Gasteiger partial charge in [-0.15, -0.1) is 0 Å². The summed E-state index contributed by atoms with van der Waals surface area (Å²) >= 11 is 6.13. The predicted molar refractivity (Wildman–Crippen MR) is 58.2 cm³/mol. The summed E-state index contributed by atoms with van der Waals surface area (Å²) in [5, 5.41) is 9.78. The fraction of sp³-hybridized carbons (Fsp3) is 0.455. The molecule has 14 heavy (non-hydrogen) atoms. The summed E-state index contributed by atoms with van der Waals surface area (Å²) in [6.07, 6.45) is 0. The Labute approximate surface area is 89.5 Å². The average Bonchev–Trinajstić information content (AvgIpc) is 2.20. The van der Waals surface area contributed by atoms with Gasteiger partial charge in [-0.3, -0.25) is 0 Å². The van der Waals surface area contributed by atoms with E-state index in [0.717, 1.165) is 16.9 Å². The van der Waals surface area contributed by atoms with E-state index in [2.05, 4.69) is 0 Å². The summed E-state index contributed by atoms with van der Waals surface area (Å²) in [4.78, 5) is 0. The Morgan fingerprint density at radius 3 is 2.64 bits per heavy atom. The number of hydrogen-bond acceptors (Lipinski definition) is 2. The molecular formula is C11H15ClO2. The van der Waals surface area contributed by atoms with E-state index in [1.165, 1.54) is 0 Å². The van der Waals surface area contributed by atoms with Gasteiger partial charge < -0.3 is 9.84 Å². The van der Waals surface area contributed by atoms with Gasteiger partial charge in [0.05, 0.1) is 7.11 Å². The van der Waals surface area contributed by atoms with Crippen LogP contribution in [-0.4, -0.2) is 18.8 Å². The van der Waals surface area contributed by atoms with Gasteiger partial charge in [0.25, 0.3) is 0 Å². The van der Waals surface area contributed by atoms with E-state index >= 15 is 0 Å². The zero-order valence-electron chi connectivity index (χ0n) is 8.67. The van der Waals surface area contributed by atoms with Crippen LogP contribution in [0.2, 0.25) is 5.02 Å². The third kappa shape index (κ3) is 2.20. The van der Waals surface area contributed by atoms with Crippen LogP contribution in [0.5, 0.6) is 5.75 Å². The van der Waals surface area contributed by atoms with Gasteiger partial charge in [-0.25, -0.2) is 0 Å². The van der Waals surface area contributed by atoms with Crippen molar-refractivity contribution in [2.75, 3.05) is 13.7 Å². The highest BCUT2D eigenvalue weighted by Gasteiger charge is 2.12. The van der Waals surface area contributed by atoms with Crippen LogP contribution in [0.1, 0.15) is 24.0 Å². The van der Waals surface area contributed by atoms with Crippen molar-refractivity contribution in [3.63, 3.8) is 0 Å². The number of halogens is 1. The molecule has 0 heterocycles. The van der Waals surface area contributed by atoms with Crippen molar-refractivity contribution < 1.29 is 9.84 Å². The molecule has 0 aromatic heterocycles. The van der Waals surface area contributed by atoms with Gasteiger partial charge in [0, 0.05) is 17.5 Å². The number of rotatable bonds is 3. The van der Waals surface area contributed by atoms with Crippen molar-refractivity contribution in [3.8, 4) is 5.75 Å². The molecule has 0 bridgehead atoms. The summed E-state index contributed by atoms with van der Waals surface area (Å²) in [7, 11) is 1.62. The molecule has 0 saturated carbocycles. The molecule has 1 N–H and O–H groups in total. The topological polar surface area (TPSA) is 29.5 Å². The Balaban J connectivity index is 3.20. The van der Waals surface area contributed by atoms with Gasteiger partial charge in [0.15, 0.2) is 0 Å². The molecule has 0 aliphatic rings. The van der Waals surface area contributed by atoms with E-state index in [9.17, 15) is 0 Å². The van der Waals surface area contributed by atoms with Crippen LogP contribution in [0, 0.1) is 6.92 Å². The van der Waals surface area contributed by atoms with Crippen molar-refractivity contribution >= 4 is 11.6 Å². The first-order valence-corrected chi connectivity index (χ1v) is 4.92. The first-order chi connectivity index (χ1) is 6.60. The maximum Gasteiger partial charge on any atom is 0.119 e. The fourth-order valence-electron chi connectivity index (χ4n) is 1.34. The summed E-state index contributed by atoms with van der Waals surface area (Å²) in [5.74, 6) is 0.818. The SMILES string of the molecule is COc1cc(C)c(Cl)c(C(C)CO)c1. The van der Waals surface area contributed by atoms with Crippen molar-refractivity contribution in [1.29, 1.82) is 0 Å². The molecule has 0 radical (unpaired) electrons. The van der Waals surface area contributed by atoms with Crippen molar-refractivity contribution in [3.05, 3.63) is 28.3 Å². The van der Waals surface area contributed by atoms with Crippen LogP contribution in [0.3, 0.4) is 0 Å². The minimum absolute atomic E-state index is 0.0382. The number of methoxy groups -OCH3 is 1. The smallest absolute Gasteiger partial charge is 0.119 e. The molecule has 3 heteroatoms. The Morgan fingerprint density at radius 1 is 1.50 bits per heavy atom. The van der Waals surface area contributed by atoms with Crippen LogP contribution in [0.4, 0.5) is 0 Å². The third-order valence-electron chi connectivity index (χ3n) is 2.30. The predicted octanol–water partition coefficient (Wildman–Crippen LogP) is 2.75. The Morgan fingerprint density at radius 2 is 2.14 bits per heavy atom. The molecule has 0 saturated heterocycles. The summed E-state index contributed by atoms with van der Waals surface area (Å²) < 4.78 is 5.15. The number of aliphatic hydroxyl groups excluding tert-OH is 1. The Kier molecular flexibility index (Phi) is 3.78. The normalized spacial score (nSPS) is 12.6. The number of ether oxygens (including phenoxy) is 1. The van der Waals surface area contributed by atoms with E-state index < -0.39 is 0 Å². The van der Waals surface area contributed by atoms with E-state index in [0.29, 0.717) is 5.02 Å². The molecule has 1 aromatic rings. The lowest BCUT2D eigenvalue weighted by Gasteiger charge is -2.14. The molecule has 1 unspecified atom stereocenters. The summed E-state index contributed by atoms with van der Waals surface area (Å²) in [6, 6.07) is 3.76. The van der Waals surface area contributed by atoms with Gasteiger partial charge >= 0.3 is 0 Å². The number of aryl methyl sites for hydroxylation is 1. The van der Waals surface area contributed by atoms with E-state index in [1.807, 2.05) is 26.0 Å². The van der Waals surface area contributed by atoms with Crippen LogP contribution >= 0.6 is 11.6 Å². The van der Waals surface area contributed by atoms with Crippen LogP contribution in [0.25, 0.3) is 0 Å². The number of aliphatic hydroxyl groups is 1. The second-order valence-electron chi connectivity index (χ2n) is 3.43. The Hall–Kier alpha value is -0.730. The molecule has 0 fully saturated rings. The largest absolute Gasteiger partial charge is 0.497 e. The Bertz CT molecular complexity index is 323. The molecule has 2 nitrogen and oxygen atoms in total. The summed E-state index contributed by atoms with van der Waals surface area (Å²) in [5.41, 5.74) is 1.91. The van der Waals surface area contributed by atoms with Crippen molar-refractivity contribution in [1.82, 2.24) is 0 Å². The van der Waals surface area contributed by atoms with Crippen LogP contribution in [-0.2, 0) is 0 Å². The molecule has 1 aromatic carbocycles. The second-order valence-corrected chi connectivity index (χ2v) is 3.81. The van der Waals surface area contributed by atoms with Gasteiger partial charge in [-0.2, -0.15) is 0 Å². The van der Waals surface area contributed by atoms with Gasteiger partial charge in [0.1, 0.15) is 5.75 Å². The lowest BCUT2D eigenvalue weighted by Crippen LogP contribution is -2.01. The fourth-order valence-corrected chi connectivity index (χ4v) is 1.63. The third-order valence-corrected chi connectivity index (χ3v) is 2.81. The van der Waals surface area contributed by atoms with E-state index in [1.54, 1.807) is 7.11 Å². The molecule has 78 valence electrons. The number of hydrogen-bond donors (Lipinski definition) is 1. The standard InChI is InChI=1S/C11H15ClO2/c1-7-4-9(14-3)5-10(11(7)12)8(2)6-13/h4-5,8,13H,6H2,1-3H3. The van der Waals surface area contributed by atoms with E-state index in [4.69, 9.17) is 21.4 Å². The van der Waals surface area contributed by atoms with Crippen molar-refractivity contribution in [2.45, 2.75) is 19.8 Å². The molecule has 0 spiro atoms. The lowest BCUT2D eigenvalue weighted by molar-refractivity contribution is 0.273. The average molecular weight is 215 g/mol. The molecule has 0 aliphatic heterocycles. The van der Waals surface area contributed by atoms with E-state index in [-0.39, 0.29) is 12.5 Å². The lowest BCUT2D eigenvalue weighted by atomic mass is 9.99. The zero-order valence-corrected chi connectivity index (χ0v) is 9.43. The highest BCUT2D eigenvalue weighted by atomic mass is 35.5.